The highest BCUT2D eigenvalue weighted by Crippen LogP contribution is 2.47. The molecule has 2 aromatic heterocycles. The molecule has 0 N–H and O–H groups in total. The molecule has 12 rings (SSSR count). The van der Waals surface area contributed by atoms with E-state index in [0.717, 1.165) is 0 Å². The van der Waals surface area contributed by atoms with Gasteiger partial charge in [0.2, 0.25) is 0 Å². The minimum Gasteiger partial charge on any atom is -0.311 e. The fraction of sp³-hybridized carbons (Fsp3) is 0. The van der Waals surface area contributed by atoms with Crippen LogP contribution < -0.4 is 21.3 Å². The number of fused-ring (bicyclic) bond motifs is 11. The Morgan fingerprint density at radius 1 is 0.385 bits per heavy atom. The maximum absolute atomic E-state index is 2.59. The van der Waals surface area contributed by atoms with E-state index in [0.29, 0.717) is 0 Å². The summed E-state index contributed by atoms with van der Waals surface area (Å²) in [4.78, 5) is 2.50. The van der Waals surface area contributed by atoms with E-state index in [-0.39, 0.29) is 6.71 Å². The Balaban J connectivity index is 1.33. The summed E-state index contributed by atoms with van der Waals surface area (Å²) in [7, 11) is 0. The summed E-state index contributed by atoms with van der Waals surface area (Å²) in [5.41, 5.74) is 17.5. The zero-order chi connectivity index (χ0) is 33.9. The third-order valence-corrected chi connectivity index (χ3v) is 11.5. The fourth-order valence-corrected chi connectivity index (χ4v) is 9.44. The standard InChI is InChI=1S/C48H30BN3/c1-4-16-31(17-5-1)35-29-45-47-48-46(35)37-28-36-34-22-10-13-25-40(34)50(32-18-6-2-7-19-32)43(36)30-44(37)52(48)42-27-15-12-24-39(42)49(47)38-23-11-14-26-41(38)51(45)33-20-8-3-9-21-33/h1-30H. The molecule has 0 unspecified atom stereocenters. The van der Waals surface area contributed by atoms with Crippen LogP contribution in [0.2, 0.25) is 0 Å². The van der Waals surface area contributed by atoms with Crippen LogP contribution in [0.1, 0.15) is 0 Å². The normalized spacial score (nSPS) is 12.9. The highest BCUT2D eigenvalue weighted by Gasteiger charge is 2.42. The second kappa shape index (κ2) is 10.4. The molecule has 10 aromatic rings. The predicted octanol–water partition coefficient (Wildman–Crippen LogP) is 10.2. The van der Waals surface area contributed by atoms with Crippen molar-refractivity contribution < 1.29 is 0 Å². The molecule has 240 valence electrons. The molecule has 0 radical (unpaired) electrons. The van der Waals surface area contributed by atoms with Crippen molar-refractivity contribution in [3.05, 3.63) is 182 Å². The van der Waals surface area contributed by atoms with Gasteiger partial charge < -0.3 is 14.0 Å². The monoisotopic (exact) mass is 659 g/mol. The van der Waals surface area contributed by atoms with E-state index in [2.05, 4.69) is 196 Å². The molecule has 0 atom stereocenters. The van der Waals surface area contributed by atoms with Gasteiger partial charge in [0.25, 0.3) is 6.71 Å². The van der Waals surface area contributed by atoms with Gasteiger partial charge >= 0.3 is 0 Å². The van der Waals surface area contributed by atoms with E-state index < -0.39 is 0 Å². The van der Waals surface area contributed by atoms with Gasteiger partial charge in [0.05, 0.1) is 22.1 Å². The summed E-state index contributed by atoms with van der Waals surface area (Å²) in [6.07, 6.45) is 0. The Bertz CT molecular complexity index is 3070. The molecule has 3 nitrogen and oxygen atoms in total. The Morgan fingerprint density at radius 2 is 0.981 bits per heavy atom. The van der Waals surface area contributed by atoms with Crippen molar-refractivity contribution >= 4 is 83.8 Å². The average molecular weight is 660 g/mol. The second-order valence-corrected chi connectivity index (χ2v) is 14.1. The van der Waals surface area contributed by atoms with Crippen LogP contribution in [0.25, 0.3) is 66.1 Å². The smallest absolute Gasteiger partial charge is 0.252 e. The van der Waals surface area contributed by atoms with Gasteiger partial charge in [-0.15, -0.1) is 0 Å². The minimum atomic E-state index is 0.0971. The molecule has 2 aliphatic heterocycles. The number of hydrogen-bond donors (Lipinski definition) is 0. The summed E-state index contributed by atoms with van der Waals surface area (Å²) in [5.74, 6) is 0. The maximum Gasteiger partial charge on any atom is 0.252 e. The first-order valence-electron chi connectivity index (χ1n) is 18.1. The quantitative estimate of drug-likeness (QED) is 0.172. The summed E-state index contributed by atoms with van der Waals surface area (Å²) in [5, 5.41) is 5.12. The van der Waals surface area contributed by atoms with Crippen LogP contribution >= 0.6 is 0 Å². The molecule has 2 aliphatic rings. The van der Waals surface area contributed by atoms with Crippen molar-refractivity contribution in [2.24, 2.45) is 0 Å². The summed E-state index contributed by atoms with van der Waals surface area (Å²) in [6.45, 7) is 0.0971. The van der Waals surface area contributed by atoms with Crippen LogP contribution in [0, 0.1) is 0 Å². The third-order valence-electron chi connectivity index (χ3n) is 11.5. The van der Waals surface area contributed by atoms with E-state index in [4.69, 9.17) is 0 Å². The van der Waals surface area contributed by atoms with Gasteiger partial charge in [-0.1, -0.05) is 121 Å². The Labute approximate surface area is 301 Å². The van der Waals surface area contributed by atoms with Gasteiger partial charge in [-0.25, -0.2) is 0 Å². The first kappa shape index (κ1) is 28.0. The van der Waals surface area contributed by atoms with Gasteiger partial charge in [-0.2, -0.15) is 0 Å². The van der Waals surface area contributed by atoms with E-state index in [1.54, 1.807) is 0 Å². The average Bonchev–Trinajstić information content (AvgIpc) is 3.73. The zero-order valence-electron chi connectivity index (χ0n) is 28.2. The van der Waals surface area contributed by atoms with Crippen molar-refractivity contribution in [3.63, 3.8) is 0 Å². The molecular weight excluding hydrogens is 629 g/mol. The lowest BCUT2D eigenvalue weighted by atomic mass is 9.33. The first-order chi connectivity index (χ1) is 25.8. The molecule has 52 heavy (non-hydrogen) atoms. The molecule has 0 saturated carbocycles. The van der Waals surface area contributed by atoms with E-state index in [9.17, 15) is 0 Å². The number of para-hydroxylation sites is 5. The number of benzene rings is 8. The van der Waals surface area contributed by atoms with E-state index in [1.807, 2.05) is 0 Å². The van der Waals surface area contributed by atoms with Gasteiger partial charge in [0, 0.05) is 50.0 Å². The highest BCUT2D eigenvalue weighted by atomic mass is 15.2. The molecule has 8 aromatic carbocycles. The lowest BCUT2D eigenvalue weighted by molar-refractivity contribution is 1.17. The lowest BCUT2D eigenvalue weighted by Crippen LogP contribution is -2.60. The largest absolute Gasteiger partial charge is 0.311 e. The van der Waals surface area contributed by atoms with E-state index in [1.165, 1.54) is 99.6 Å². The predicted molar refractivity (Wildman–Crippen MR) is 220 cm³/mol. The van der Waals surface area contributed by atoms with Crippen LogP contribution in [-0.2, 0) is 0 Å². The summed E-state index contributed by atoms with van der Waals surface area (Å²) in [6, 6.07) is 67.1. The Hall–Kier alpha value is -6.78. The van der Waals surface area contributed by atoms with Crippen molar-refractivity contribution in [2.45, 2.75) is 0 Å². The molecule has 0 saturated heterocycles. The lowest BCUT2D eigenvalue weighted by Gasteiger charge is -2.40. The molecule has 4 heteroatoms. The third kappa shape index (κ3) is 3.60. The number of anilines is 3. The van der Waals surface area contributed by atoms with Gasteiger partial charge in [0.15, 0.2) is 0 Å². The van der Waals surface area contributed by atoms with Crippen molar-refractivity contribution in [1.29, 1.82) is 0 Å². The van der Waals surface area contributed by atoms with Crippen LogP contribution in [0.15, 0.2) is 182 Å². The SMILES string of the molecule is c1ccc(-c2cc3c4c5c2c2cc6c7ccccc7n(-c7ccccc7)c6cc2n5-c2ccccc2B4c2ccccc2N3c2ccccc2)cc1. The maximum atomic E-state index is 2.59. The summed E-state index contributed by atoms with van der Waals surface area (Å²) >= 11 is 0. The fourth-order valence-electron chi connectivity index (χ4n) is 9.44. The minimum absolute atomic E-state index is 0.0971. The van der Waals surface area contributed by atoms with Gasteiger partial charge in [0.1, 0.15) is 0 Å². The second-order valence-electron chi connectivity index (χ2n) is 14.1. The molecule has 0 fully saturated rings. The molecule has 0 aliphatic carbocycles. The van der Waals surface area contributed by atoms with Crippen LogP contribution in [0.4, 0.5) is 17.1 Å². The van der Waals surface area contributed by atoms with Gasteiger partial charge in [-0.05, 0) is 88.2 Å². The van der Waals surface area contributed by atoms with Crippen LogP contribution in [0.3, 0.4) is 0 Å². The topological polar surface area (TPSA) is 13.1 Å². The van der Waals surface area contributed by atoms with Crippen molar-refractivity contribution in [2.75, 3.05) is 4.90 Å². The molecule has 4 heterocycles. The van der Waals surface area contributed by atoms with Crippen LogP contribution in [0.5, 0.6) is 0 Å². The molecule has 0 bridgehead atoms. The van der Waals surface area contributed by atoms with Gasteiger partial charge in [-0.3, -0.25) is 0 Å². The Morgan fingerprint density at radius 3 is 1.75 bits per heavy atom. The molecule has 0 amide bonds. The highest BCUT2D eigenvalue weighted by molar-refractivity contribution is 7.00. The number of hydrogen-bond acceptors (Lipinski definition) is 1. The van der Waals surface area contributed by atoms with Crippen molar-refractivity contribution in [1.82, 2.24) is 9.13 Å². The first-order valence-corrected chi connectivity index (χ1v) is 18.1. The molecular formula is C48H30BN3. The Kier molecular flexibility index (Phi) is 5.58. The number of aromatic nitrogens is 2. The van der Waals surface area contributed by atoms with E-state index >= 15 is 0 Å². The zero-order valence-corrected chi connectivity index (χ0v) is 28.2. The molecule has 0 spiro atoms. The van der Waals surface area contributed by atoms with Crippen molar-refractivity contribution in [3.8, 4) is 22.5 Å². The van der Waals surface area contributed by atoms with Crippen LogP contribution in [-0.4, -0.2) is 15.8 Å². The summed E-state index contributed by atoms with van der Waals surface area (Å²) < 4.78 is 5.03. The number of nitrogens with zero attached hydrogens (tertiary/aromatic N) is 3. The number of rotatable bonds is 3.